The Morgan fingerprint density at radius 1 is 1.12 bits per heavy atom. The first-order valence-corrected chi connectivity index (χ1v) is 8.29. The molecule has 1 heterocycles. The highest BCUT2D eigenvalue weighted by Crippen LogP contribution is 2.35. The van der Waals surface area contributed by atoms with Crippen LogP contribution < -0.4 is 5.48 Å². The van der Waals surface area contributed by atoms with Gasteiger partial charge < -0.3 is 4.84 Å². The number of benzene rings is 2. The molecule has 3 rings (SSSR count). The van der Waals surface area contributed by atoms with E-state index in [1.165, 1.54) is 30.3 Å². The van der Waals surface area contributed by atoms with E-state index in [1.807, 2.05) is 5.48 Å². The predicted octanol–water partition coefficient (Wildman–Crippen LogP) is 4.99. The van der Waals surface area contributed by atoms with E-state index < -0.39 is 29.1 Å². The molecule has 0 aliphatic heterocycles. The molecule has 128 valence electrons. The van der Waals surface area contributed by atoms with Gasteiger partial charge in [0, 0.05) is 10.1 Å². The molecular formula is C16H7Cl2F2NO3S. The van der Waals surface area contributed by atoms with Crippen LogP contribution in [-0.2, 0) is 4.84 Å². The number of halogens is 4. The zero-order valence-corrected chi connectivity index (χ0v) is 14.4. The van der Waals surface area contributed by atoms with Crippen molar-refractivity contribution in [2.75, 3.05) is 0 Å². The smallest absolute Gasteiger partial charge is 0.335 e. The maximum Gasteiger partial charge on any atom is 0.367 e. The Kier molecular flexibility index (Phi) is 4.89. The standard InChI is InChI=1S/C16H7Cl2F2NO3S/c17-9-2-1-3-10(20)12(9)16(23)24-21-15(22)14-13(18)8-5-4-7(19)6-11(8)25-14/h1-6H,(H,21,22). The summed E-state index contributed by atoms with van der Waals surface area (Å²) < 4.78 is 27.3. The van der Waals surface area contributed by atoms with Crippen LogP contribution in [0.2, 0.25) is 10.0 Å². The summed E-state index contributed by atoms with van der Waals surface area (Å²) in [6, 6.07) is 7.54. The monoisotopic (exact) mass is 401 g/mol. The van der Waals surface area contributed by atoms with Gasteiger partial charge >= 0.3 is 5.97 Å². The first-order valence-electron chi connectivity index (χ1n) is 6.71. The minimum atomic E-state index is -1.17. The molecular weight excluding hydrogens is 395 g/mol. The molecule has 0 bridgehead atoms. The van der Waals surface area contributed by atoms with Gasteiger partial charge in [0.25, 0.3) is 5.91 Å². The number of carbonyl (C=O) groups excluding carboxylic acids is 2. The summed E-state index contributed by atoms with van der Waals surface area (Å²) in [6.45, 7) is 0. The highest BCUT2D eigenvalue weighted by Gasteiger charge is 2.22. The van der Waals surface area contributed by atoms with Gasteiger partial charge in [-0.1, -0.05) is 29.3 Å². The number of rotatable bonds is 2. The second-order valence-corrected chi connectivity index (χ2v) is 6.64. The fourth-order valence-corrected chi connectivity index (χ4v) is 3.74. The average Bonchev–Trinajstić information content (AvgIpc) is 2.88. The lowest BCUT2D eigenvalue weighted by molar-refractivity contribution is 0.0227. The highest BCUT2D eigenvalue weighted by molar-refractivity contribution is 7.21. The van der Waals surface area contributed by atoms with Crippen LogP contribution in [0.15, 0.2) is 36.4 Å². The van der Waals surface area contributed by atoms with Gasteiger partial charge in [-0.05, 0) is 30.3 Å². The van der Waals surface area contributed by atoms with Crippen molar-refractivity contribution in [2.24, 2.45) is 0 Å². The van der Waals surface area contributed by atoms with Crippen LogP contribution in [0.3, 0.4) is 0 Å². The Bertz CT molecular complexity index is 986. The van der Waals surface area contributed by atoms with Gasteiger partial charge in [0.05, 0.1) is 10.0 Å². The van der Waals surface area contributed by atoms with E-state index >= 15 is 0 Å². The van der Waals surface area contributed by atoms with E-state index in [0.29, 0.717) is 10.1 Å². The van der Waals surface area contributed by atoms with E-state index in [4.69, 9.17) is 23.2 Å². The van der Waals surface area contributed by atoms with Gasteiger partial charge in [-0.25, -0.2) is 13.6 Å². The zero-order valence-electron chi connectivity index (χ0n) is 12.1. The first kappa shape index (κ1) is 17.6. The predicted molar refractivity (Wildman–Crippen MR) is 91.1 cm³/mol. The quantitative estimate of drug-likeness (QED) is 0.615. The van der Waals surface area contributed by atoms with Crippen molar-refractivity contribution in [1.29, 1.82) is 0 Å². The van der Waals surface area contributed by atoms with Crippen LogP contribution in [0.5, 0.6) is 0 Å². The van der Waals surface area contributed by atoms with Crippen LogP contribution in [0.1, 0.15) is 20.0 Å². The SMILES string of the molecule is O=C(NOC(=O)c1c(F)cccc1Cl)c1sc2cc(F)ccc2c1Cl. The van der Waals surface area contributed by atoms with Crippen molar-refractivity contribution in [2.45, 2.75) is 0 Å². The summed E-state index contributed by atoms with van der Waals surface area (Å²) in [6.07, 6.45) is 0. The molecule has 25 heavy (non-hydrogen) atoms. The van der Waals surface area contributed by atoms with Gasteiger partial charge in [-0.3, -0.25) is 4.79 Å². The van der Waals surface area contributed by atoms with E-state index in [-0.39, 0.29) is 14.9 Å². The van der Waals surface area contributed by atoms with Gasteiger partial charge in [-0.15, -0.1) is 11.3 Å². The Labute approximate surface area is 153 Å². The van der Waals surface area contributed by atoms with Crippen molar-refractivity contribution in [3.63, 3.8) is 0 Å². The highest BCUT2D eigenvalue weighted by atomic mass is 35.5. The first-order chi connectivity index (χ1) is 11.9. The number of hydrogen-bond donors (Lipinski definition) is 1. The van der Waals surface area contributed by atoms with E-state index in [2.05, 4.69) is 4.84 Å². The van der Waals surface area contributed by atoms with Crippen molar-refractivity contribution >= 4 is 56.5 Å². The number of hydrogen-bond acceptors (Lipinski definition) is 4. The Balaban J connectivity index is 1.79. The molecule has 0 unspecified atom stereocenters. The van der Waals surface area contributed by atoms with E-state index in [9.17, 15) is 18.4 Å². The van der Waals surface area contributed by atoms with Crippen LogP contribution in [0, 0.1) is 11.6 Å². The topological polar surface area (TPSA) is 55.4 Å². The summed E-state index contributed by atoms with van der Waals surface area (Å²) in [4.78, 5) is 28.6. The zero-order chi connectivity index (χ0) is 18.1. The molecule has 0 atom stereocenters. The fraction of sp³-hybridized carbons (Fsp3) is 0. The molecule has 1 N–H and O–H groups in total. The third-order valence-corrected chi connectivity index (χ3v) is 5.17. The molecule has 0 saturated carbocycles. The molecule has 2 aromatic carbocycles. The number of amides is 1. The van der Waals surface area contributed by atoms with Gasteiger partial charge in [0.15, 0.2) is 0 Å². The van der Waals surface area contributed by atoms with Crippen molar-refractivity contribution in [3.8, 4) is 0 Å². The van der Waals surface area contributed by atoms with Crippen LogP contribution in [-0.4, -0.2) is 11.9 Å². The lowest BCUT2D eigenvalue weighted by Gasteiger charge is -2.07. The van der Waals surface area contributed by atoms with Crippen LogP contribution in [0.25, 0.3) is 10.1 Å². The normalized spacial score (nSPS) is 10.7. The maximum absolute atomic E-state index is 13.6. The molecule has 0 aliphatic rings. The van der Waals surface area contributed by atoms with Gasteiger partial charge in [0.1, 0.15) is 22.1 Å². The molecule has 0 fully saturated rings. The second kappa shape index (κ2) is 6.95. The third kappa shape index (κ3) is 3.44. The van der Waals surface area contributed by atoms with Gasteiger partial charge in [0.2, 0.25) is 0 Å². The summed E-state index contributed by atoms with van der Waals surface area (Å²) in [5.74, 6) is -3.35. The molecule has 0 saturated heterocycles. The lowest BCUT2D eigenvalue weighted by Crippen LogP contribution is -2.27. The molecule has 0 spiro atoms. The molecule has 1 amide bonds. The Morgan fingerprint density at radius 2 is 1.88 bits per heavy atom. The summed E-state index contributed by atoms with van der Waals surface area (Å²) in [5.41, 5.74) is 1.38. The van der Waals surface area contributed by atoms with E-state index in [0.717, 1.165) is 17.4 Å². The summed E-state index contributed by atoms with van der Waals surface area (Å²) in [7, 11) is 0. The number of hydroxylamine groups is 1. The maximum atomic E-state index is 13.6. The number of carbonyl (C=O) groups is 2. The minimum absolute atomic E-state index is 0.0229. The van der Waals surface area contributed by atoms with Crippen molar-refractivity contribution in [3.05, 3.63) is 68.5 Å². The van der Waals surface area contributed by atoms with Crippen LogP contribution >= 0.6 is 34.5 Å². The Hall–Kier alpha value is -2.22. The molecule has 3 aromatic rings. The second-order valence-electron chi connectivity index (χ2n) is 4.80. The van der Waals surface area contributed by atoms with Crippen LogP contribution in [0.4, 0.5) is 8.78 Å². The molecule has 4 nitrogen and oxygen atoms in total. The number of fused-ring (bicyclic) bond motifs is 1. The number of thiophene rings is 1. The minimum Gasteiger partial charge on any atom is -0.335 e. The Morgan fingerprint density at radius 3 is 2.60 bits per heavy atom. The molecule has 0 aliphatic carbocycles. The van der Waals surface area contributed by atoms with Crippen molar-refractivity contribution in [1.82, 2.24) is 5.48 Å². The molecule has 1 aromatic heterocycles. The average molecular weight is 402 g/mol. The third-order valence-electron chi connectivity index (χ3n) is 3.20. The van der Waals surface area contributed by atoms with E-state index in [1.54, 1.807) is 0 Å². The van der Waals surface area contributed by atoms with Gasteiger partial charge in [-0.2, -0.15) is 5.48 Å². The summed E-state index contributed by atoms with van der Waals surface area (Å²) >= 11 is 12.8. The van der Waals surface area contributed by atoms with Crippen molar-refractivity contribution < 1.29 is 23.2 Å². The number of nitrogens with one attached hydrogen (secondary N) is 1. The molecule has 0 radical (unpaired) electrons. The summed E-state index contributed by atoms with van der Waals surface area (Å²) in [5, 5.41) is 0.425. The molecule has 9 heteroatoms. The largest absolute Gasteiger partial charge is 0.367 e. The lowest BCUT2D eigenvalue weighted by atomic mass is 10.2. The fourth-order valence-electron chi connectivity index (χ4n) is 2.07.